The highest BCUT2D eigenvalue weighted by Gasteiger charge is 2.05. The molecule has 0 saturated heterocycles. The summed E-state index contributed by atoms with van der Waals surface area (Å²) in [6.45, 7) is 5.60. The van der Waals surface area contributed by atoms with Crippen molar-refractivity contribution < 1.29 is 9.94 Å². The van der Waals surface area contributed by atoms with E-state index in [1.165, 1.54) is 7.11 Å². The van der Waals surface area contributed by atoms with Crippen molar-refractivity contribution in [1.29, 1.82) is 0 Å². The summed E-state index contributed by atoms with van der Waals surface area (Å²) in [6, 6.07) is 3.78. The number of phenolic OH excluding ortho intramolecular Hbond substituents is 1. The summed E-state index contributed by atoms with van der Waals surface area (Å²) in [7, 11) is 1.52. The average molecular weight is 193 g/mol. The van der Waals surface area contributed by atoms with Crippen LogP contribution >= 0.6 is 0 Å². The second-order valence-electron chi connectivity index (χ2n) is 3.32. The minimum Gasteiger partial charge on any atom is -0.507 e. The number of hydrogen-bond donors (Lipinski definition) is 1. The van der Waals surface area contributed by atoms with Crippen molar-refractivity contribution in [1.82, 2.24) is 0 Å². The number of rotatable bonds is 2. The monoisotopic (exact) mass is 193 g/mol. The Labute approximate surface area is 84.0 Å². The number of hydrogen-bond acceptors (Lipinski definition) is 3. The third-order valence-electron chi connectivity index (χ3n) is 2.14. The van der Waals surface area contributed by atoms with Crippen LogP contribution < -0.4 is 0 Å². The maximum atomic E-state index is 9.57. The molecule has 0 unspecified atom stereocenters. The molecule has 1 N–H and O–H groups in total. The summed E-state index contributed by atoms with van der Waals surface area (Å²) in [5.74, 6) is 0.346. The van der Waals surface area contributed by atoms with Crippen LogP contribution in [0.4, 0.5) is 0 Å². The van der Waals surface area contributed by atoms with E-state index >= 15 is 0 Å². The fourth-order valence-corrected chi connectivity index (χ4v) is 1.35. The normalized spacial score (nSPS) is 11.6. The quantitative estimate of drug-likeness (QED) is 0.578. The predicted molar refractivity (Wildman–Crippen MR) is 56.8 cm³/mol. The van der Waals surface area contributed by atoms with Crippen LogP contribution in [0.1, 0.15) is 23.6 Å². The van der Waals surface area contributed by atoms with E-state index in [9.17, 15) is 5.11 Å². The molecule has 0 aliphatic rings. The Kier molecular flexibility index (Phi) is 3.12. The van der Waals surface area contributed by atoms with Gasteiger partial charge in [-0.25, -0.2) is 0 Å². The fraction of sp³-hybridized carbons (Fsp3) is 0.364. The highest BCUT2D eigenvalue weighted by molar-refractivity contribution is 5.98. The third-order valence-corrected chi connectivity index (χ3v) is 2.14. The van der Waals surface area contributed by atoms with Crippen LogP contribution in [0, 0.1) is 13.8 Å². The molecule has 1 aromatic carbocycles. The molecule has 76 valence electrons. The van der Waals surface area contributed by atoms with Gasteiger partial charge < -0.3 is 9.94 Å². The summed E-state index contributed by atoms with van der Waals surface area (Å²) in [4.78, 5) is 4.69. The van der Waals surface area contributed by atoms with Crippen LogP contribution in [0.3, 0.4) is 0 Å². The molecule has 3 nitrogen and oxygen atoms in total. The van der Waals surface area contributed by atoms with Crippen molar-refractivity contribution in [2.75, 3.05) is 7.11 Å². The molecule has 0 spiro atoms. The van der Waals surface area contributed by atoms with Crippen LogP contribution in [0.15, 0.2) is 17.3 Å². The zero-order valence-corrected chi connectivity index (χ0v) is 8.96. The molecular formula is C11H15NO2. The first kappa shape index (κ1) is 10.6. The van der Waals surface area contributed by atoms with Crippen molar-refractivity contribution in [2.45, 2.75) is 20.8 Å². The van der Waals surface area contributed by atoms with Crippen molar-refractivity contribution in [3.63, 3.8) is 0 Å². The van der Waals surface area contributed by atoms with E-state index in [0.717, 1.165) is 22.4 Å². The largest absolute Gasteiger partial charge is 0.507 e. The molecule has 0 aliphatic heterocycles. The molecule has 0 bridgehead atoms. The Hall–Kier alpha value is -1.51. The van der Waals surface area contributed by atoms with Gasteiger partial charge in [0.25, 0.3) is 0 Å². The molecular weight excluding hydrogens is 178 g/mol. The van der Waals surface area contributed by atoms with Gasteiger partial charge in [-0.15, -0.1) is 0 Å². The average Bonchev–Trinajstić information content (AvgIpc) is 2.13. The van der Waals surface area contributed by atoms with Gasteiger partial charge in [0.05, 0.1) is 5.71 Å². The van der Waals surface area contributed by atoms with Gasteiger partial charge >= 0.3 is 0 Å². The van der Waals surface area contributed by atoms with Gasteiger partial charge in [-0.05, 0) is 49.6 Å². The Morgan fingerprint density at radius 3 is 2.21 bits per heavy atom. The zero-order chi connectivity index (χ0) is 10.7. The molecule has 0 amide bonds. The second-order valence-corrected chi connectivity index (χ2v) is 3.32. The maximum absolute atomic E-state index is 9.57. The van der Waals surface area contributed by atoms with Crippen molar-refractivity contribution >= 4 is 5.71 Å². The topological polar surface area (TPSA) is 41.8 Å². The maximum Gasteiger partial charge on any atom is 0.121 e. The molecule has 0 saturated carbocycles. The van der Waals surface area contributed by atoms with Gasteiger partial charge in [0, 0.05) is 0 Å². The number of phenols is 1. The van der Waals surface area contributed by atoms with Crippen LogP contribution in [-0.4, -0.2) is 17.9 Å². The first-order valence-electron chi connectivity index (χ1n) is 4.44. The fourth-order valence-electron chi connectivity index (χ4n) is 1.35. The van der Waals surface area contributed by atoms with Crippen LogP contribution in [0.2, 0.25) is 0 Å². The van der Waals surface area contributed by atoms with E-state index in [0.29, 0.717) is 5.75 Å². The van der Waals surface area contributed by atoms with E-state index in [2.05, 4.69) is 5.16 Å². The molecule has 0 aromatic heterocycles. The van der Waals surface area contributed by atoms with Gasteiger partial charge in [-0.3, -0.25) is 0 Å². The summed E-state index contributed by atoms with van der Waals surface area (Å²) in [5.41, 5.74) is 3.48. The molecule has 1 rings (SSSR count). The highest BCUT2D eigenvalue weighted by Crippen LogP contribution is 2.23. The Morgan fingerprint density at radius 2 is 1.79 bits per heavy atom. The molecule has 3 heteroatoms. The summed E-state index contributed by atoms with van der Waals surface area (Å²) in [5, 5.41) is 13.4. The Balaban J connectivity index is 3.19. The zero-order valence-electron chi connectivity index (χ0n) is 8.96. The van der Waals surface area contributed by atoms with Crippen molar-refractivity contribution in [3.8, 4) is 5.75 Å². The second kappa shape index (κ2) is 4.13. The van der Waals surface area contributed by atoms with E-state index in [1.54, 1.807) is 0 Å². The first-order chi connectivity index (χ1) is 6.56. The molecule has 0 fully saturated rings. The molecule has 0 aliphatic carbocycles. The Bertz CT molecular complexity index is 347. The predicted octanol–water partition coefficient (Wildman–Crippen LogP) is 2.38. The lowest BCUT2D eigenvalue weighted by Crippen LogP contribution is -1.97. The van der Waals surface area contributed by atoms with Crippen LogP contribution in [-0.2, 0) is 4.84 Å². The Morgan fingerprint density at radius 1 is 1.29 bits per heavy atom. The number of aromatic hydroxyl groups is 1. The lowest BCUT2D eigenvalue weighted by Gasteiger charge is -2.06. The SMILES string of the molecule is CO/N=C(\C)c1cc(C)c(O)c(C)c1. The lowest BCUT2D eigenvalue weighted by atomic mass is 10.0. The van der Waals surface area contributed by atoms with Gasteiger partial charge in [0.1, 0.15) is 12.9 Å². The van der Waals surface area contributed by atoms with E-state index in [-0.39, 0.29) is 0 Å². The smallest absolute Gasteiger partial charge is 0.121 e. The molecule has 14 heavy (non-hydrogen) atoms. The number of nitrogens with zero attached hydrogens (tertiary/aromatic N) is 1. The summed E-state index contributed by atoms with van der Waals surface area (Å²) < 4.78 is 0. The standard InChI is InChI=1S/C11H15NO2/c1-7-5-10(9(3)12-14-4)6-8(2)11(7)13/h5-6,13H,1-4H3/b12-9+. The molecule has 1 aromatic rings. The van der Waals surface area contributed by atoms with Crippen LogP contribution in [0.25, 0.3) is 0 Å². The third kappa shape index (κ3) is 2.05. The van der Waals surface area contributed by atoms with Crippen molar-refractivity contribution in [2.24, 2.45) is 5.16 Å². The summed E-state index contributed by atoms with van der Waals surface area (Å²) in [6.07, 6.45) is 0. The van der Waals surface area contributed by atoms with Gasteiger partial charge in [0.2, 0.25) is 0 Å². The van der Waals surface area contributed by atoms with Crippen molar-refractivity contribution in [3.05, 3.63) is 28.8 Å². The molecule has 0 radical (unpaired) electrons. The van der Waals surface area contributed by atoms with Gasteiger partial charge in [-0.1, -0.05) is 5.16 Å². The lowest BCUT2D eigenvalue weighted by molar-refractivity contribution is 0.213. The molecule has 0 heterocycles. The first-order valence-corrected chi connectivity index (χ1v) is 4.44. The minimum atomic E-state index is 0.346. The molecule has 0 atom stereocenters. The van der Waals surface area contributed by atoms with Crippen LogP contribution in [0.5, 0.6) is 5.75 Å². The van der Waals surface area contributed by atoms with E-state index in [1.807, 2.05) is 32.9 Å². The minimum absolute atomic E-state index is 0.346. The number of aryl methyl sites for hydroxylation is 2. The number of oxime groups is 1. The van der Waals surface area contributed by atoms with E-state index in [4.69, 9.17) is 4.84 Å². The van der Waals surface area contributed by atoms with Gasteiger partial charge in [-0.2, -0.15) is 0 Å². The van der Waals surface area contributed by atoms with Gasteiger partial charge in [0.15, 0.2) is 0 Å². The number of benzene rings is 1. The highest BCUT2D eigenvalue weighted by atomic mass is 16.6. The summed E-state index contributed by atoms with van der Waals surface area (Å²) >= 11 is 0. The van der Waals surface area contributed by atoms with E-state index < -0.39 is 0 Å².